The highest BCUT2D eigenvalue weighted by Crippen LogP contribution is 2.18. The van der Waals surface area contributed by atoms with E-state index in [1.54, 1.807) is 0 Å². The molecule has 0 aliphatic carbocycles. The van der Waals surface area contributed by atoms with Gasteiger partial charge in [0.2, 0.25) is 11.0 Å². The Kier molecular flexibility index (Phi) is 8.04. The average molecular weight is 471 g/mol. The smallest absolute Gasteiger partial charge is 0.242 e. The van der Waals surface area contributed by atoms with Gasteiger partial charge in [-0.05, 0) is 30.0 Å². The fraction of sp³-hybridized carbons (Fsp3) is 0.250. The number of hydrogen-bond donors (Lipinski definition) is 0. The maximum atomic E-state index is 13.3. The van der Waals surface area contributed by atoms with Crippen molar-refractivity contribution in [1.29, 1.82) is 0 Å². The van der Waals surface area contributed by atoms with E-state index in [2.05, 4.69) is 64.8 Å². The second-order valence-electron chi connectivity index (χ2n) is 8.55. The standard InChI is InChI=1S/C28H30N4OS/c1-22-13-15-24(16-14-22)19-26-29-28(34-30-26)31(2)21-27(33)32(20-25-11-7-4-8-12-25)18-17-23-9-5-3-6-10-23/h3-16H,17-21H2,1-2H3. The molecule has 6 heteroatoms. The summed E-state index contributed by atoms with van der Waals surface area (Å²) in [4.78, 5) is 21.8. The summed E-state index contributed by atoms with van der Waals surface area (Å²) in [6.45, 7) is 3.60. The molecule has 0 aliphatic heterocycles. The minimum Gasteiger partial charge on any atom is -0.341 e. The first kappa shape index (κ1) is 23.6. The number of carbonyl (C=O) groups is 1. The fourth-order valence-corrected chi connectivity index (χ4v) is 4.38. The number of anilines is 1. The molecule has 0 atom stereocenters. The lowest BCUT2D eigenvalue weighted by atomic mass is 10.1. The fourth-order valence-electron chi connectivity index (χ4n) is 3.74. The van der Waals surface area contributed by atoms with Crippen LogP contribution in [-0.2, 0) is 24.2 Å². The van der Waals surface area contributed by atoms with Crippen molar-refractivity contribution in [3.8, 4) is 0 Å². The lowest BCUT2D eigenvalue weighted by Crippen LogP contribution is -2.39. The summed E-state index contributed by atoms with van der Waals surface area (Å²) >= 11 is 1.34. The maximum absolute atomic E-state index is 13.3. The number of carbonyl (C=O) groups excluding carboxylic acids is 1. The van der Waals surface area contributed by atoms with Crippen LogP contribution in [0.5, 0.6) is 0 Å². The number of rotatable bonds is 10. The van der Waals surface area contributed by atoms with Gasteiger partial charge in [0, 0.05) is 38.1 Å². The van der Waals surface area contributed by atoms with Crippen molar-refractivity contribution in [2.24, 2.45) is 0 Å². The van der Waals surface area contributed by atoms with Crippen LogP contribution < -0.4 is 4.90 Å². The van der Waals surface area contributed by atoms with Crippen LogP contribution in [0.2, 0.25) is 0 Å². The highest BCUT2D eigenvalue weighted by Gasteiger charge is 2.18. The Hall–Kier alpha value is -3.51. The monoisotopic (exact) mass is 470 g/mol. The molecule has 0 bridgehead atoms. The molecule has 3 aromatic carbocycles. The predicted molar refractivity (Wildman–Crippen MR) is 139 cm³/mol. The van der Waals surface area contributed by atoms with E-state index in [1.807, 2.05) is 53.2 Å². The number of aryl methyl sites for hydroxylation is 1. The van der Waals surface area contributed by atoms with Crippen LogP contribution in [0.1, 0.15) is 28.1 Å². The van der Waals surface area contributed by atoms with Crippen LogP contribution in [0.15, 0.2) is 84.9 Å². The number of aromatic nitrogens is 2. The first-order valence-corrected chi connectivity index (χ1v) is 12.3. The third-order valence-electron chi connectivity index (χ3n) is 5.72. The SMILES string of the molecule is Cc1ccc(Cc2nsc(N(C)CC(=O)N(CCc3ccccc3)Cc3ccccc3)n2)cc1. The van der Waals surface area contributed by atoms with Gasteiger partial charge in [-0.3, -0.25) is 4.79 Å². The number of amides is 1. The molecule has 0 aliphatic rings. The molecule has 0 unspecified atom stereocenters. The van der Waals surface area contributed by atoms with Gasteiger partial charge in [0.1, 0.15) is 5.82 Å². The quantitative estimate of drug-likeness (QED) is 0.322. The van der Waals surface area contributed by atoms with Gasteiger partial charge in [0.25, 0.3) is 0 Å². The molecule has 5 nitrogen and oxygen atoms in total. The molecule has 174 valence electrons. The van der Waals surface area contributed by atoms with Crippen molar-refractivity contribution < 1.29 is 4.79 Å². The number of nitrogens with zero attached hydrogens (tertiary/aromatic N) is 4. The largest absolute Gasteiger partial charge is 0.341 e. The van der Waals surface area contributed by atoms with E-state index in [0.717, 1.165) is 22.9 Å². The second-order valence-corrected chi connectivity index (χ2v) is 9.28. The van der Waals surface area contributed by atoms with E-state index < -0.39 is 0 Å². The van der Waals surface area contributed by atoms with Crippen LogP contribution >= 0.6 is 11.5 Å². The summed E-state index contributed by atoms with van der Waals surface area (Å²) in [5.41, 5.74) is 4.78. The van der Waals surface area contributed by atoms with Gasteiger partial charge >= 0.3 is 0 Å². The second kappa shape index (κ2) is 11.6. The van der Waals surface area contributed by atoms with Crippen molar-refractivity contribution in [3.05, 3.63) is 113 Å². The first-order valence-electron chi connectivity index (χ1n) is 11.5. The summed E-state index contributed by atoms with van der Waals surface area (Å²) in [6.07, 6.45) is 1.51. The van der Waals surface area contributed by atoms with Crippen molar-refractivity contribution in [2.75, 3.05) is 25.0 Å². The van der Waals surface area contributed by atoms with E-state index in [1.165, 1.54) is 28.2 Å². The number of benzene rings is 3. The third kappa shape index (κ3) is 6.75. The van der Waals surface area contributed by atoms with Gasteiger partial charge in [0.15, 0.2) is 0 Å². The number of hydrogen-bond acceptors (Lipinski definition) is 5. The molecule has 4 rings (SSSR count). The summed E-state index contributed by atoms with van der Waals surface area (Å²) < 4.78 is 4.51. The Balaban J connectivity index is 1.40. The van der Waals surface area contributed by atoms with Crippen LogP contribution in [0.3, 0.4) is 0 Å². The Morgan fingerprint density at radius 2 is 1.50 bits per heavy atom. The van der Waals surface area contributed by atoms with Gasteiger partial charge in [-0.15, -0.1) is 0 Å². The topological polar surface area (TPSA) is 49.3 Å². The molecule has 0 spiro atoms. The molecular formula is C28H30N4OS. The number of likely N-dealkylation sites (N-methyl/N-ethyl adjacent to an activating group) is 1. The summed E-state index contributed by atoms with van der Waals surface area (Å²) in [5.74, 6) is 0.867. The highest BCUT2D eigenvalue weighted by atomic mass is 32.1. The molecule has 4 aromatic rings. The van der Waals surface area contributed by atoms with Gasteiger partial charge < -0.3 is 9.80 Å². The molecule has 0 fully saturated rings. The van der Waals surface area contributed by atoms with Gasteiger partial charge in [-0.1, -0.05) is 90.5 Å². The van der Waals surface area contributed by atoms with Gasteiger partial charge in [-0.2, -0.15) is 4.37 Å². The minimum atomic E-state index is 0.0811. The predicted octanol–water partition coefficient (Wildman–Crippen LogP) is 5.15. The normalized spacial score (nSPS) is 10.8. The van der Waals surface area contributed by atoms with E-state index >= 15 is 0 Å². The third-order valence-corrected chi connectivity index (χ3v) is 6.59. The van der Waals surface area contributed by atoms with Gasteiger partial charge in [-0.25, -0.2) is 4.98 Å². The van der Waals surface area contributed by atoms with Crippen molar-refractivity contribution >= 4 is 22.6 Å². The van der Waals surface area contributed by atoms with E-state index in [0.29, 0.717) is 19.5 Å². The van der Waals surface area contributed by atoms with Crippen LogP contribution in [0, 0.1) is 6.92 Å². The maximum Gasteiger partial charge on any atom is 0.242 e. The molecule has 0 radical (unpaired) electrons. The Morgan fingerprint density at radius 3 is 2.18 bits per heavy atom. The van der Waals surface area contributed by atoms with Crippen LogP contribution in [0.4, 0.5) is 5.13 Å². The molecule has 34 heavy (non-hydrogen) atoms. The molecule has 0 saturated heterocycles. The zero-order valence-electron chi connectivity index (χ0n) is 19.7. The molecule has 1 aromatic heterocycles. The summed E-state index contributed by atoms with van der Waals surface area (Å²) in [7, 11) is 1.91. The summed E-state index contributed by atoms with van der Waals surface area (Å²) in [6, 6.07) is 28.9. The van der Waals surface area contributed by atoms with Crippen LogP contribution in [-0.4, -0.2) is 40.3 Å². The first-order chi connectivity index (χ1) is 16.6. The van der Waals surface area contributed by atoms with Crippen molar-refractivity contribution in [1.82, 2.24) is 14.3 Å². The molecule has 0 N–H and O–H groups in total. The average Bonchev–Trinajstić information content (AvgIpc) is 3.33. The van der Waals surface area contributed by atoms with Crippen molar-refractivity contribution in [2.45, 2.75) is 26.3 Å². The summed E-state index contributed by atoms with van der Waals surface area (Å²) in [5, 5.41) is 0.762. The molecule has 1 heterocycles. The molecule has 1 amide bonds. The van der Waals surface area contributed by atoms with E-state index in [9.17, 15) is 4.79 Å². The van der Waals surface area contributed by atoms with Gasteiger partial charge in [0.05, 0.1) is 6.54 Å². The Bertz CT molecular complexity index is 1180. The highest BCUT2D eigenvalue weighted by molar-refractivity contribution is 7.09. The zero-order valence-corrected chi connectivity index (χ0v) is 20.5. The Morgan fingerprint density at radius 1 is 0.853 bits per heavy atom. The lowest BCUT2D eigenvalue weighted by molar-refractivity contribution is -0.130. The van der Waals surface area contributed by atoms with E-state index in [4.69, 9.17) is 0 Å². The van der Waals surface area contributed by atoms with Crippen LogP contribution in [0.25, 0.3) is 0 Å². The van der Waals surface area contributed by atoms with E-state index in [-0.39, 0.29) is 12.5 Å². The zero-order chi connectivity index (χ0) is 23.8. The van der Waals surface area contributed by atoms with Crippen molar-refractivity contribution in [3.63, 3.8) is 0 Å². The molecule has 0 saturated carbocycles. The molecular weight excluding hydrogens is 440 g/mol. The minimum absolute atomic E-state index is 0.0811. The lowest BCUT2D eigenvalue weighted by Gasteiger charge is -2.25. The Labute approximate surface area is 205 Å².